The second kappa shape index (κ2) is 7.22. The zero-order valence-electron chi connectivity index (χ0n) is 14.8. The minimum absolute atomic E-state index is 0.155. The lowest BCUT2D eigenvalue weighted by molar-refractivity contribution is -0.142. The number of hydrogen-bond donors (Lipinski definition) is 1. The smallest absolute Gasteiger partial charge is 0.314 e. The van der Waals surface area contributed by atoms with Crippen molar-refractivity contribution in [1.29, 1.82) is 0 Å². The summed E-state index contributed by atoms with van der Waals surface area (Å²) in [4.78, 5) is 18.2. The predicted octanol–water partition coefficient (Wildman–Crippen LogP) is 3.99. The molecule has 0 bridgehead atoms. The molecule has 1 N–H and O–H groups in total. The van der Waals surface area contributed by atoms with Gasteiger partial charge in [-0.3, -0.25) is 9.69 Å². The summed E-state index contributed by atoms with van der Waals surface area (Å²) in [6.07, 6.45) is 5.01. The van der Waals surface area contributed by atoms with Gasteiger partial charge < -0.3 is 9.72 Å². The standard InChI is InChI=1S/C20H26N2O2/c1-4-14-8-7-10-16(20(23)24-3)19-17(13-22(2)12-14)15-9-5-6-11-18(15)21-19/h5-6,8-9,11,16,21H,4,7,10,12-13H2,1-3H3/b14-8-/t16-/m1/s1. The molecule has 24 heavy (non-hydrogen) atoms. The molecular weight excluding hydrogens is 300 g/mol. The molecule has 0 saturated heterocycles. The number of methoxy groups -OCH3 is 1. The second-order valence-corrected chi connectivity index (χ2v) is 6.60. The molecule has 2 aromatic rings. The van der Waals surface area contributed by atoms with E-state index in [0.29, 0.717) is 0 Å². The van der Waals surface area contributed by atoms with Crippen molar-refractivity contribution in [2.24, 2.45) is 0 Å². The van der Waals surface area contributed by atoms with Crippen LogP contribution in [0.3, 0.4) is 0 Å². The number of para-hydroxylation sites is 1. The highest BCUT2D eigenvalue weighted by molar-refractivity contribution is 5.88. The topological polar surface area (TPSA) is 45.3 Å². The third-order valence-corrected chi connectivity index (χ3v) is 4.92. The van der Waals surface area contributed by atoms with Gasteiger partial charge in [-0.1, -0.05) is 36.8 Å². The normalized spacial score (nSPS) is 21.8. The van der Waals surface area contributed by atoms with E-state index in [0.717, 1.165) is 43.6 Å². The van der Waals surface area contributed by atoms with Gasteiger partial charge in [-0.05, 0) is 37.9 Å². The summed E-state index contributed by atoms with van der Waals surface area (Å²) in [5.41, 5.74) is 4.77. The van der Waals surface area contributed by atoms with E-state index >= 15 is 0 Å². The highest BCUT2D eigenvalue weighted by Gasteiger charge is 2.27. The van der Waals surface area contributed by atoms with Gasteiger partial charge in [0.15, 0.2) is 0 Å². The fraction of sp³-hybridized carbons (Fsp3) is 0.450. The zero-order valence-corrected chi connectivity index (χ0v) is 14.8. The van der Waals surface area contributed by atoms with Crippen LogP contribution in [0, 0.1) is 0 Å². The van der Waals surface area contributed by atoms with Gasteiger partial charge in [0, 0.05) is 29.7 Å². The number of nitrogens with zero attached hydrogens (tertiary/aromatic N) is 1. The van der Waals surface area contributed by atoms with Gasteiger partial charge in [-0.25, -0.2) is 0 Å². The lowest BCUT2D eigenvalue weighted by Gasteiger charge is -2.23. The largest absolute Gasteiger partial charge is 0.469 e. The Morgan fingerprint density at radius 1 is 1.33 bits per heavy atom. The Morgan fingerprint density at radius 3 is 2.88 bits per heavy atom. The third-order valence-electron chi connectivity index (χ3n) is 4.92. The van der Waals surface area contributed by atoms with E-state index in [-0.39, 0.29) is 11.9 Å². The Morgan fingerprint density at radius 2 is 2.12 bits per heavy atom. The summed E-state index contributed by atoms with van der Waals surface area (Å²) < 4.78 is 5.10. The van der Waals surface area contributed by atoms with Crippen LogP contribution in [-0.2, 0) is 16.1 Å². The van der Waals surface area contributed by atoms with Gasteiger partial charge >= 0.3 is 5.97 Å². The maximum absolute atomic E-state index is 12.4. The molecule has 2 heterocycles. The molecule has 0 saturated carbocycles. The monoisotopic (exact) mass is 326 g/mol. The average Bonchev–Trinajstić information content (AvgIpc) is 2.95. The second-order valence-electron chi connectivity index (χ2n) is 6.60. The maximum atomic E-state index is 12.4. The van der Waals surface area contributed by atoms with Crippen LogP contribution in [0.5, 0.6) is 0 Å². The van der Waals surface area contributed by atoms with Crippen LogP contribution < -0.4 is 0 Å². The molecule has 4 heteroatoms. The first-order valence-corrected chi connectivity index (χ1v) is 8.67. The number of benzene rings is 1. The molecule has 1 aromatic heterocycles. The van der Waals surface area contributed by atoms with Crippen molar-refractivity contribution in [1.82, 2.24) is 9.88 Å². The van der Waals surface area contributed by atoms with E-state index in [1.54, 1.807) is 0 Å². The number of allylic oxidation sites excluding steroid dienone is 1. The lowest BCUT2D eigenvalue weighted by atomic mass is 9.93. The van der Waals surface area contributed by atoms with Crippen molar-refractivity contribution in [3.63, 3.8) is 0 Å². The molecule has 4 nitrogen and oxygen atoms in total. The number of carbonyl (C=O) groups excluding carboxylic acids is 1. The van der Waals surface area contributed by atoms with Crippen molar-refractivity contribution in [3.8, 4) is 0 Å². The molecule has 1 aliphatic heterocycles. The lowest BCUT2D eigenvalue weighted by Crippen LogP contribution is -2.24. The summed E-state index contributed by atoms with van der Waals surface area (Å²) in [5.74, 6) is -0.393. The van der Waals surface area contributed by atoms with Crippen molar-refractivity contribution in [3.05, 3.63) is 47.2 Å². The SMILES string of the molecule is CC/C1=C/CC[C@@H](C(=O)OC)c2[nH]c3ccccc3c2CN(C)C1. The van der Waals surface area contributed by atoms with Gasteiger partial charge in [0.1, 0.15) is 0 Å². The van der Waals surface area contributed by atoms with Gasteiger partial charge in [-0.2, -0.15) is 0 Å². The number of ether oxygens (including phenoxy) is 1. The molecule has 0 radical (unpaired) electrons. The van der Waals surface area contributed by atoms with E-state index in [1.807, 2.05) is 6.07 Å². The maximum Gasteiger partial charge on any atom is 0.314 e. The summed E-state index contributed by atoms with van der Waals surface area (Å²) in [6.45, 7) is 3.99. The Bertz CT molecular complexity index is 760. The Hall–Kier alpha value is -2.07. The molecule has 3 rings (SSSR count). The predicted molar refractivity (Wildman–Crippen MR) is 97.0 cm³/mol. The van der Waals surface area contributed by atoms with Crippen molar-refractivity contribution >= 4 is 16.9 Å². The molecule has 1 aromatic carbocycles. The van der Waals surface area contributed by atoms with Gasteiger partial charge in [0.05, 0.1) is 13.0 Å². The van der Waals surface area contributed by atoms with Crippen LogP contribution >= 0.6 is 0 Å². The van der Waals surface area contributed by atoms with Crippen LogP contribution in [0.2, 0.25) is 0 Å². The summed E-state index contributed by atoms with van der Waals surface area (Å²) in [6, 6.07) is 8.29. The fourth-order valence-corrected chi connectivity index (χ4v) is 3.66. The van der Waals surface area contributed by atoms with Crippen LogP contribution in [0.25, 0.3) is 10.9 Å². The molecule has 0 amide bonds. The number of fused-ring (bicyclic) bond motifs is 3. The molecular formula is C20H26N2O2. The van der Waals surface area contributed by atoms with Crippen molar-refractivity contribution in [2.75, 3.05) is 20.7 Å². The summed E-state index contributed by atoms with van der Waals surface area (Å²) in [7, 11) is 3.62. The van der Waals surface area contributed by atoms with Crippen LogP contribution in [0.1, 0.15) is 43.4 Å². The van der Waals surface area contributed by atoms with Crippen molar-refractivity contribution in [2.45, 2.75) is 38.6 Å². The number of aromatic nitrogens is 1. The Balaban J connectivity index is 2.11. The van der Waals surface area contributed by atoms with Gasteiger partial charge in [0.2, 0.25) is 0 Å². The number of aromatic amines is 1. The summed E-state index contributed by atoms with van der Waals surface area (Å²) in [5, 5.41) is 1.20. The number of likely N-dealkylation sites (N-methyl/N-ethyl adjacent to an activating group) is 1. The number of esters is 1. The van der Waals surface area contributed by atoms with E-state index in [1.165, 1.54) is 23.6 Å². The summed E-state index contributed by atoms with van der Waals surface area (Å²) >= 11 is 0. The van der Waals surface area contributed by atoms with Gasteiger partial charge in [-0.15, -0.1) is 0 Å². The minimum atomic E-state index is -0.238. The third kappa shape index (κ3) is 3.24. The van der Waals surface area contributed by atoms with Crippen molar-refractivity contribution < 1.29 is 9.53 Å². The number of H-pyrrole nitrogens is 1. The molecule has 0 fully saturated rings. The van der Waals surface area contributed by atoms with E-state index in [9.17, 15) is 4.79 Å². The number of nitrogens with one attached hydrogen (secondary N) is 1. The van der Waals surface area contributed by atoms with E-state index in [2.05, 4.69) is 48.1 Å². The Labute approximate surface area is 143 Å². The fourth-order valence-electron chi connectivity index (χ4n) is 3.66. The van der Waals surface area contributed by atoms with E-state index in [4.69, 9.17) is 4.74 Å². The first-order chi connectivity index (χ1) is 11.6. The zero-order chi connectivity index (χ0) is 17.1. The molecule has 128 valence electrons. The number of hydrogen-bond acceptors (Lipinski definition) is 3. The van der Waals surface area contributed by atoms with E-state index < -0.39 is 0 Å². The van der Waals surface area contributed by atoms with Crippen LogP contribution in [0.15, 0.2) is 35.9 Å². The average molecular weight is 326 g/mol. The first kappa shape index (κ1) is 16.8. The molecule has 0 aliphatic carbocycles. The first-order valence-electron chi connectivity index (χ1n) is 8.67. The van der Waals surface area contributed by atoms with Gasteiger partial charge in [0.25, 0.3) is 0 Å². The van der Waals surface area contributed by atoms with Crippen LogP contribution in [-0.4, -0.2) is 36.6 Å². The molecule has 0 unspecified atom stereocenters. The molecule has 1 atom stereocenters. The number of carbonyl (C=O) groups is 1. The highest BCUT2D eigenvalue weighted by atomic mass is 16.5. The highest BCUT2D eigenvalue weighted by Crippen LogP contribution is 2.33. The molecule has 1 aliphatic rings. The van der Waals surface area contributed by atoms with Crippen LogP contribution in [0.4, 0.5) is 0 Å². The molecule has 0 spiro atoms. The number of rotatable bonds is 2. The quantitative estimate of drug-likeness (QED) is 0.670. The Kier molecular flexibility index (Phi) is 5.05. The minimum Gasteiger partial charge on any atom is -0.469 e.